The van der Waals surface area contributed by atoms with E-state index < -0.39 is 24.3 Å². The summed E-state index contributed by atoms with van der Waals surface area (Å²) < 4.78 is 0. The molecule has 4 nitrogen and oxygen atoms in total. The Morgan fingerprint density at radius 2 is 1.17 bits per heavy atom. The van der Waals surface area contributed by atoms with Gasteiger partial charge in [0.05, 0.1) is 5.92 Å². The van der Waals surface area contributed by atoms with E-state index in [1.54, 1.807) is 6.08 Å². The quantitative estimate of drug-likeness (QED) is 0.177. The van der Waals surface area contributed by atoms with Crippen molar-refractivity contribution in [2.75, 3.05) is 0 Å². The molecule has 0 saturated heterocycles. The monoisotopic (exact) mass is 418 g/mol. The van der Waals surface area contributed by atoms with Gasteiger partial charge in [-0.2, -0.15) is 0 Å². The molecule has 0 aromatic rings. The number of carboxylic acid groups (broad SMARTS) is 2. The SMILES string of the molecule is CCCCCCCCCCCCCCCCC/C=C/CC(CC(=O)[O-])C(=O)O.[Na+]. The van der Waals surface area contributed by atoms with Crippen LogP contribution < -0.4 is 34.7 Å². The number of carbonyl (C=O) groups is 2. The van der Waals surface area contributed by atoms with E-state index in [-0.39, 0.29) is 36.0 Å². The minimum Gasteiger partial charge on any atom is -0.550 e. The molecule has 0 amide bonds. The largest absolute Gasteiger partial charge is 1.00 e. The number of unbranched alkanes of at least 4 members (excludes halogenated alkanes) is 15. The van der Waals surface area contributed by atoms with Gasteiger partial charge >= 0.3 is 35.5 Å². The topological polar surface area (TPSA) is 77.4 Å². The van der Waals surface area contributed by atoms with Gasteiger partial charge in [0.2, 0.25) is 0 Å². The van der Waals surface area contributed by atoms with Crippen LogP contribution in [0.4, 0.5) is 0 Å². The average Bonchev–Trinajstić information content (AvgIpc) is 2.65. The van der Waals surface area contributed by atoms with Crippen LogP contribution in [-0.4, -0.2) is 17.0 Å². The summed E-state index contributed by atoms with van der Waals surface area (Å²) in [7, 11) is 0. The van der Waals surface area contributed by atoms with Crippen LogP contribution in [0, 0.1) is 5.92 Å². The number of aliphatic carboxylic acids is 2. The van der Waals surface area contributed by atoms with Crippen molar-refractivity contribution in [3.8, 4) is 0 Å². The van der Waals surface area contributed by atoms with Crippen molar-refractivity contribution in [3.63, 3.8) is 0 Å². The molecule has 0 spiro atoms. The molecule has 0 radical (unpaired) electrons. The van der Waals surface area contributed by atoms with E-state index in [4.69, 9.17) is 5.11 Å². The molecule has 0 heterocycles. The van der Waals surface area contributed by atoms with Crippen LogP contribution >= 0.6 is 0 Å². The van der Waals surface area contributed by atoms with E-state index in [0.29, 0.717) is 0 Å². The van der Waals surface area contributed by atoms with Crippen molar-refractivity contribution in [3.05, 3.63) is 12.2 Å². The van der Waals surface area contributed by atoms with E-state index in [2.05, 4.69) is 6.92 Å². The molecule has 0 aliphatic rings. The van der Waals surface area contributed by atoms with Crippen molar-refractivity contribution in [2.24, 2.45) is 5.92 Å². The standard InChI is InChI=1S/C24H44O4.Na/c1-2-3-4-5-6-7-8-9-10-11-12-13-14-15-16-17-18-19-20-22(24(27)28)21-23(25)26;/h18-19,22H,2-17,20-21H2,1H3,(H,25,26)(H,27,28);/q;+1/p-1/b19-18+;. The minimum atomic E-state index is -1.30. The molecule has 0 aromatic heterocycles. The predicted octanol–water partition coefficient (Wildman–Crippen LogP) is 3.04. The van der Waals surface area contributed by atoms with Crippen molar-refractivity contribution in [2.45, 2.75) is 122 Å². The number of hydrogen-bond donors (Lipinski definition) is 1. The summed E-state index contributed by atoms with van der Waals surface area (Å²) in [4.78, 5) is 21.4. The number of rotatable bonds is 21. The van der Waals surface area contributed by atoms with Gasteiger partial charge in [-0.15, -0.1) is 0 Å². The number of allylic oxidation sites excluding steroid dienone is 2. The first-order valence-electron chi connectivity index (χ1n) is 11.7. The van der Waals surface area contributed by atoms with Gasteiger partial charge in [-0.25, -0.2) is 0 Å². The zero-order valence-electron chi connectivity index (χ0n) is 19.1. The molecule has 1 atom stereocenters. The Hall–Kier alpha value is -0.320. The van der Waals surface area contributed by atoms with Gasteiger partial charge in [0.1, 0.15) is 0 Å². The van der Waals surface area contributed by atoms with Crippen LogP contribution in [0.25, 0.3) is 0 Å². The van der Waals surface area contributed by atoms with E-state index in [9.17, 15) is 14.7 Å². The summed E-state index contributed by atoms with van der Waals surface area (Å²) >= 11 is 0. The van der Waals surface area contributed by atoms with Gasteiger partial charge in [-0.3, -0.25) is 4.79 Å². The second-order valence-corrected chi connectivity index (χ2v) is 8.06. The molecule has 164 valence electrons. The first-order chi connectivity index (χ1) is 13.6. The van der Waals surface area contributed by atoms with Crippen LogP contribution in [0.15, 0.2) is 12.2 Å². The number of carboxylic acids is 2. The Morgan fingerprint density at radius 3 is 1.55 bits per heavy atom. The summed E-state index contributed by atoms with van der Waals surface area (Å²) in [5, 5.41) is 19.4. The second kappa shape index (κ2) is 24.0. The molecular formula is C24H43NaO4. The summed E-state index contributed by atoms with van der Waals surface area (Å²) in [6, 6.07) is 0. The zero-order chi connectivity index (χ0) is 20.9. The summed E-state index contributed by atoms with van der Waals surface area (Å²) in [6.45, 7) is 2.26. The van der Waals surface area contributed by atoms with Gasteiger partial charge in [0, 0.05) is 12.4 Å². The molecule has 29 heavy (non-hydrogen) atoms. The van der Waals surface area contributed by atoms with Gasteiger partial charge < -0.3 is 15.0 Å². The zero-order valence-corrected chi connectivity index (χ0v) is 21.1. The number of hydrogen-bond acceptors (Lipinski definition) is 3. The molecule has 0 fully saturated rings. The smallest absolute Gasteiger partial charge is 0.550 e. The molecule has 0 aromatic carbocycles. The van der Waals surface area contributed by atoms with Crippen LogP contribution in [0.1, 0.15) is 122 Å². The molecule has 0 aliphatic carbocycles. The Balaban J connectivity index is 0. The fraction of sp³-hybridized carbons (Fsp3) is 0.833. The minimum absolute atomic E-state index is 0. The molecule has 5 heteroatoms. The predicted molar refractivity (Wildman–Crippen MR) is 114 cm³/mol. The summed E-state index contributed by atoms with van der Waals surface area (Å²) in [6.07, 6.45) is 24.8. The third-order valence-electron chi connectivity index (χ3n) is 5.32. The first kappa shape index (κ1) is 30.9. The molecular weight excluding hydrogens is 375 g/mol. The fourth-order valence-electron chi connectivity index (χ4n) is 3.48. The van der Waals surface area contributed by atoms with Crippen LogP contribution in [0.5, 0.6) is 0 Å². The Labute approximate surface area is 201 Å². The molecule has 0 aliphatic heterocycles. The van der Waals surface area contributed by atoms with Crippen molar-refractivity contribution in [1.29, 1.82) is 0 Å². The van der Waals surface area contributed by atoms with Gasteiger partial charge in [0.15, 0.2) is 0 Å². The summed E-state index contributed by atoms with van der Waals surface area (Å²) in [5.41, 5.74) is 0. The van der Waals surface area contributed by atoms with E-state index in [1.807, 2.05) is 6.08 Å². The molecule has 1 unspecified atom stereocenters. The van der Waals surface area contributed by atoms with Crippen LogP contribution in [-0.2, 0) is 9.59 Å². The fourth-order valence-corrected chi connectivity index (χ4v) is 3.48. The van der Waals surface area contributed by atoms with Gasteiger partial charge in [-0.05, 0) is 19.3 Å². The van der Waals surface area contributed by atoms with Crippen LogP contribution in [0.2, 0.25) is 0 Å². The van der Waals surface area contributed by atoms with E-state index in [0.717, 1.165) is 12.8 Å². The third kappa shape index (κ3) is 23.8. The Morgan fingerprint density at radius 1 is 0.759 bits per heavy atom. The number of carbonyl (C=O) groups excluding carboxylic acids is 1. The Bertz CT molecular complexity index is 410. The molecule has 1 N–H and O–H groups in total. The van der Waals surface area contributed by atoms with Gasteiger partial charge in [-0.1, -0.05) is 109 Å². The summed E-state index contributed by atoms with van der Waals surface area (Å²) in [5.74, 6) is -3.24. The maximum absolute atomic E-state index is 10.9. The average molecular weight is 419 g/mol. The molecule has 0 saturated carbocycles. The maximum Gasteiger partial charge on any atom is 1.00 e. The maximum atomic E-state index is 10.9. The van der Waals surface area contributed by atoms with Gasteiger partial charge in [0.25, 0.3) is 0 Å². The van der Waals surface area contributed by atoms with E-state index in [1.165, 1.54) is 89.9 Å². The third-order valence-corrected chi connectivity index (χ3v) is 5.32. The normalized spacial score (nSPS) is 12.0. The van der Waals surface area contributed by atoms with Crippen molar-refractivity contribution >= 4 is 11.9 Å². The van der Waals surface area contributed by atoms with Crippen molar-refractivity contribution < 1.29 is 49.4 Å². The molecule has 0 bridgehead atoms. The molecule has 0 rings (SSSR count). The van der Waals surface area contributed by atoms with Crippen molar-refractivity contribution in [1.82, 2.24) is 0 Å². The Kier molecular flexibility index (Phi) is 25.5. The first-order valence-corrected chi connectivity index (χ1v) is 11.7. The van der Waals surface area contributed by atoms with E-state index >= 15 is 0 Å². The second-order valence-electron chi connectivity index (χ2n) is 8.06. The van der Waals surface area contributed by atoms with Crippen LogP contribution in [0.3, 0.4) is 0 Å².